The summed E-state index contributed by atoms with van der Waals surface area (Å²) in [6.07, 6.45) is 3.08. The van der Waals surface area contributed by atoms with Gasteiger partial charge in [-0.15, -0.1) is 0 Å². The van der Waals surface area contributed by atoms with Crippen LogP contribution in [0.25, 0.3) is 5.76 Å². The second kappa shape index (κ2) is 7.79. The van der Waals surface area contributed by atoms with Gasteiger partial charge in [0.25, 0.3) is 11.7 Å². The number of para-hydroxylation sites is 1. The molecular formula is C23H17FN2O4. The van der Waals surface area contributed by atoms with Crippen LogP contribution in [0.4, 0.5) is 10.1 Å². The zero-order valence-electron chi connectivity index (χ0n) is 15.9. The summed E-state index contributed by atoms with van der Waals surface area (Å²) in [5, 5.41) is 11.1. The van der Waals surface area contributed by atoms with Gasteiger partial charge in [-0.05, 0) is 48.0 Å². The van der Waals surface area contributed by atoms with Crippen LogP contribution in [0.1, 0.15) is 17.2 Å². The first kappa shape index (κ1) is 19.3. The molecule has 0 saturated carbocycles. The van der Waals surface area contributed by atoms with Crippen LogP contribution in [0.15, 0.2) is 78.6 Å². The van der Waals surface area contributed by atoms with Crippen LogP contribution in [-0.2, 0) is 9.59 Å². The molecule has 0 radical (unpaired) electrons. The summed E-state index contributed by atoms with van der Waals surface area (Å²) < 4.78 is 18.7. The summed E-state index contributed by atoms with van der Waals surface area (Å²) in [5.41, 5.74) is 1.04. The molecule has 3 aromatic rings. The molecule has 1 aliphatic heterocycles. The van der Waals surface area contributed by atoms with Gasteiger partial charge in [-0.3, -0.25) is 19.5 Å². The minimum absolute atomic E-state index is 0.0955. The van der Waals surface area contributed by atoms with Crippen LogP contribution in [0.5, 0.6) is 5.75 Å². The van der Waals surface area contributed by atoms with Crippen molar-refractivity contribution in [1.29, 1.82) is 0 Å². The van der Waals surface area contributed by atoms with Crippen LogP contribution in [0, 0.1) is 5.82 Å². The number of anilines is 1. The average Bonchev–Trinajstić information content (AvgIpc) is 3.05. The molecule has 4 rings (SSSR count). The summed E-state index contributed by atoms with van der Waals surface area (Å²) in [5.74, 6) is -2.15. The fourth-order valence-corrected chi connectivity index (χ4v) is 3.54. The Morgan fingerprint density at radius 3 is 2.47 bits per heavy atom. The number of nitrogens with zero attached hydrogens (tertiary/aromatic N) is 2. The Kier molecular flexibility index (Phi) is 5.02. The summed E-state index contributed by atoms with van der Waals surface area (Å²) in [7, 11) is 1.45. The van der Waals surface area contributed by atoms with Gasteiger partial charge < -0.3 is 9.84 Å². The highest BCUT2D eigenvalue weighted by Gasteiger charge is 2.47. The number of pyridine rings is 1. The lowest BCUT2D eigenvalue weighted by molar-refractivity contribution is -0.132. The minimum Gasteiger partial charge on any atom is -0.507 e. The number of carbonyl (C=O) groups is 2. The zero-order chi connectivity index (χ0) is 21.3. The third-order valence-electron chi connectivity index (χ3n) is 4.91. The van der Waals surface area contributed by atoms with Crippen LogP contribution < -0.4 is 9.64 Å². The number of ether oxygens (including phenoxy) is 1. The number of methoxy groups -OCH3 is 1. The minimum atomic E-state index is -0.936. The van der Waals surface area contributed by atoms with Crippen LogP contribution in [-0.4, -0.2) is 28.9 Å². The quantitative estimate of drug-likeness (QED) is 0.406. The number of halogens is 1. The Bertz CT molecular complexity index is 1140. The lowest BCUT2D eigenvalue weighted by Crippen LogP contribution is -2.29. The second-order valence-corrected chi connectivity index (χ2v) is 6.63. The van der Waals surface area contributed by atoms with E-state index in [1.165, 1.54) is 42.5 Å². The van der Waals surface area contributed by atoms with E-state index >= 15 is 0 Å². The molecule has 1 amide bonds. The van der Waals surface area contributed by atoms with Gasteiger partial charge in [-0.2, -0.15) is 0 Å². The molecule has 1 N–H and O–H groups in total. The molecule has 0 bridgehead atoms. The largest absolute Gasteiger partial charge is 0.507 e. The first-order chi connectivity index (χ1) is 14.5. The maximum atomic E-state index is 13.4. The van der Waals surface area contributed by atoms with E-state index in [1.54, 1.807) is 42.6 Å². The first-order valence-electron chi connectivity index (χ1n) is 9.13. The van der Waals surface area contributed by atoms with Gasteiger partial charge in [-0.1, -0.05) is 18.2 Å². The maximum absolute atomic E-state index is 13.4. The van der Waals surface area contributed by atoms with Gasteiger partial charge in [0.1, 0.15) is 17.3 Å². The smallest absolute Gasteiger partial charge is 0.300 e. The third-order valence-corrected chi connectivity index (χ3v) is 4.91. The number of ketones is 1. The highest BCUT2D eigenvalue weighted by atomic mass is 19.1. The van der Waals surface area contributed by atoms with Gasteiger partial charge in [0, 0.05) is 18.1 Å². The number of amides is 1. The van der Waals surface area contributed by atoms with E-state index in [0.29, 0.717) is 17.0 Å². The van der Waals surface area contributed by atoms with Crippen molar-refractivity contribution >= 4 is 23.1 Å². The lowest BCUT2D eigenvalue weighted by Gasteiger charge is -2.25. The summed E-state index contributed by atoms with van der Waals surface area (Å²) in [6.45, 7) is 0. The van der Waals surface area contributed by atoms with Crippen molar-refractivity contribution in [3.8, 4) is 5.75 Å². The van der Waals surface area contributed by atoms with Crippen molar-refractivity contribution in [1.82, 2.24) is 4.98 Å². The maximum Gasteiger partial charge on any atom is 0.300 e. The lowest BCUT2D eigenvalue weighted by atomic mass is 9.96. The topological polar surface area (TPSA) is 79.7 Å². The van der Waals surface area contributed by atoms with Crippen molar-refractivity contribution in [2.45, 2.75) is 6.04 Å². The predicted molar refractivity (Wildman–Crippen MR) is 108 cm³/mol. The Labute approximate surface area is 171 Å². The van der Waals surface area contributed by atoms with E-state index in [1.807, 2.05) is 0 Å². The number of aliphatic hydroxyl groups is 1. The number of carbonyl (C=O) groups excluding carboxylic acids is 2. The fraction of sp³-hybridized carbons (Fsp3) is 0.0870. The normalized spacial score (nSPS) is 17.9. The van der Waals surface area contributed by atoms with Gasteiger partial charge in [0.05, 0.1) is 24.3 Å². The highest BCUT2D eigenvalue weighted by molar-refractivity contribution is 6.51. The Balaban J connectivity index is 1.96. The number of Topliss-reactive ketones (excluding diaryl/α,β-unsaturated/α-hetero) is 1. The molecule has 150 valence electrons. The van der Waals surface area contributed by atoms with Crippen molar-refractivity contribution in [2.24, 2.45) is 0 Å². The predicted octanol–water partition coefficient (Wildman–Crippen LogP) is 3.86. The number of aromatic nitrogens is 1. The molecule has 6 nitrogen and oxygen atoms in total. The van der Waals surface area contributed by atoms with Crippen LogP contribution in [0.3, 0.4) is 0 Å². The van der Waals surface area contributed by atoms with Gasteiger partial charge in [0.15, 0.2) is 0 Å². The van der Waals surface area contributed by atoms with Crippen molar-refractivity contribution in [3.05, 3.63) is 95.6 Å². The van der Waals surface area contributed by atoms with E-state index in [4.69, 9.17) is 4.74 Å². The van der Waals surface area contributed by atoms with Crippen molar-refractivity contribution in [2.75, 3.05) is 12.0 Å². The Hall–Kier alpha value is -4.00. The standard InChI is InChI=1S/C23H17FN2O4/c1-30-18-7-3-2-6-17(18)21(27)19-20(14-5-4-12-25-13-14)26(23(29)22(19)28)16-10-8-15(24)9-11-16/h2-13,20,27H,1H3/b21-19-. The number of rotatable bonds is 4. The SMILES string of the molecule is COc1ccccc1/C(O)=C1/C(=O)C(=O)N(c2ccc(F)cc2)C1c1cccnc1. The molecule has 1 fully saturated rings. The molecule has 1 aliphatic rings. The highest BCUT2D eigenvalue weighted by Crippen LogP contribution is 2.42. The molecule has 30 heavy (non-hydrogen) atoms. The molecule has 1 unspecified atom stereocenters. The van der Waals surface area contributed by atoms with Gasteiger partial charge >= 0.3 is 0 Å². The number of aliphatic hydroxyl groups excluding tert-OH is 1. The summed E-state index contributed by atoms with van der Waals surface area (Å²) in [6, 6.07) is 14.3. The van der Waals surface area contributed by atoms with E-state index in [-0.39, 0.29) is 16.9 Å². The van der Waals surface area contributed by atoms with E-state index in [9.17, 15) is 19.1 Å². The van der Waals surface area contributed by atoms with Crippen LogP contribution in [0.2, 0.25) is 0 Å². The Morgan fingerprint density at radius 1 is 1.07 bits per heavy atom. The van der Waals surface area contributed by atoms with Gasteiger partial charge in [-0.25, -0.2) is 4.39 Å². The molecule has 1 saturated heterocycles. The summed E-state index contributed by atoms with van der Waals surface area (Å²) in [4.78, 5) is 31.3. The number of hydrogen-bond donors (Lipinski definition) is 1. The molecule has 7 heteroatoms. The van der Waals surface area contributed by atoms with Crippen LogP contribution >= 0.6 is 0 Å². The number of benzene rings is 2. The third kappa shape index (κ3) is 3.20. The van der Waals surface area contributed by atoms with Crippen molar-refractivity contribution in [3.63, 3.8) is 0 Å². The molecule has 2 aromatic carbocycles. The van der Waals surface area contributed by atoms with Crippen molar-refractivity contribution < 1.29 is 23.8 Å². The summed E-state index contributed by atoms with van der Waals surface area (Å²) >= 11 is 0. The van der Waals surface area contributed by atoms with E-state index < -0.39 is 23.5 Å². The molecule has 0 aliphatic carbocycles. The zero-order valence-corrected chi connectivity index (χ0v) is 15.9. The second-order valence-electron chi connectivity index (χ2n) is 6.63. The van der Waals surface area contributed by atoms with E-state index in [2.05, 4.69) is 4.98 Å². The molecule has 1 atom stereocenters. The van der Waals surface area contributed by atoms with Gasteiger partial charge in [0.2, 0.25) is 0 Å². The van der Waals surface area contributed by atoms with E-state index in [0.717, 1.165) is 0 Å². The number of hydrogen-bond acceptors (Lipinski definition) is 5. The molecule has 0 spiro atoms. The fourth-order valence-electron chi connectivity index (χ4n) is 3.54. The monoisotopic (exact) mass is 404 g/mol. The first-order valence-corrected chi connectivity index (χ1v) is 9.13. The molecular weight excluding hydrogens is 387 g/mol. The average molecular weight is 404 g/mol. The molecule has 2 heterocycles. The molecule has 1 aromatic heterocycles. The Morgan fingerprint density at radius 2 is 1.80 bits per heavy atom.